The molecule has 0 aliphatic rings. The van der Waals surface area contributed by atoms with Crippen LogP contribution in [0.5, 0.6) is 0 Å². The first-order chi connectivity index (χ1) is 13.9. The number of carbonyl (C=O) groups is 1. The van der Waals surface area contributed by atoms with Crippen molar-refractivity contribution >= 4 is 34.3 Å². The highest BCUT2D eigenvalue weighted by Crippen LogP contribution is 2.26. The molecule has 0 spiro atoms. The molecular weight excluding hydrogens is 382 g/mol. The SMILES string of the molecule is CCC(Sc1nc2ccccc2c(=O)n1CC)C(=O)Nc1ccc(C(C)C)cc1. The van der Waals surface area contributed by atoms with E-state index in [0.717, 1.165) is 5.69 Å². The molecule has 0 aliphatic heterocycles. The Balaban J connectivity index is 1.83. The number of rotatable bonds is 7. The predicted molar refractivity (Wildman–Crippen MR) is 121 cm³/mol. The lowest BCUT2D eigenvalue weighted by Crippen LogP contribution is -2.28. The van der Waals surface area contributed by atoms with Gasteiger partial charge in [-0.3, -0.25) is 14.2 Å². The number of amides is 1. The molecule has 1 N–H and O–H groups in total. The van der Waals surface area contributed by atoms with Crippen molar-refractivity contribution in [3.63, 3.8) is 0 Å². The summed E-state index contributed by atoms with van der Waals surface area (Å²) in [5, 5.41) is 3.83. The molecule has 3 aromatic rings. The summed E-state index contributed by atoms with van der Waals surface area (Å²) >= 11 is 1.34. The van der Waals surface area contributed by atoms with Gasteiger partial charge in [-0.15, -0.1) is 0 Å². The quantitative estimate of drug-likeness (QED) is 0.438. The molecule has 152 valence electrons. The maximum absolute atomic E-state index is 12.9. The first-order valence-corrected chi connectivity index (χ1v) is 10.9. The van der Waals surface area contributed by atoms with Gasteiger partial charge in [0.25, 0.3) is 5.56 Å². The maximum atomic E-state index is 12.9. The van der Waals surface area contributed by atoms with Crippen molar-refractivity contribution in [3.05, 3.63) is 64.4 Å². The van der Waals surface area contributed by atoms with E-state index < -0.39 is 0 Å². The van der Waals surface area contributed by atoms with Gasteiger partial charge in [0.15, 0.2) is 5.16 Å². The Morgan fingerprint density at radius 1 is 1.10 bits per heavy atom. The minimum atomic E-state index is -0.342. The number of hydrogen-bond donors (Lipinski definition) is 1. The van der Waals surface area contributed by atoms with Crippen molar-refractivity contribution in [1.29, 1.82) is 0 Å². The molecule has 0 aliphatic carbocycles. The third-order valence-electron chi connectivity index (χ3n) is 4.90. The molecule has 3 rings (SSSR count). The van der Waals surface area contributed by atoms with Gasteiger partial charge in [0.05, 0.1) is 16.2 Å². The molecule has 0 saturated carbocycles. The third kappa shape index (κ3) is 4.70. The van der Waals surface area contributed by atoms with Crippen molar-refractivity contribution < 1.29 is 4.79 Å². The molecule has 29 heavy (non-hydrogen) atoms. The van der Waals surface area contributed by atoms with Gasteiger partial charge >= 0.3 is 0 Å². The van der Waals surface area contributed by atoms with Crippen molar-refractivity contribution in [1.82, 2.24) is 9.55 Å². The van der Waals surface area contributed by atoms with Gasteiger partial charge in [0, 0.05) is 12.2 Å². The zero-order valence-corrected chi connectivity index (χ0v) is 18.1. The minimum absolute atomic E-state index is 0.0693. The molecule has 1 amide bonds. The Kier molecular flexibility index (Phi) is 6.75. The predicted octanol–water partition coefficient (Wildman–Crippen LogP) is 5.05. The standard InChI is InChI=1S/C23H27N3O2S/c1-5-20(21(27)24-17-13-11-16(12-14-17)15(3)4)29-23-25-19-10-8-7-9-18(19)22(28)26(23)6-2/h7-15,20H,5-6H2,1-4H3,(H,24,27). The second-order valence-corrected chi connectivity index (χ2v) is 8.41. The Morgan fingerprint density at radius 3 is 2.41 bits per heavy atom. The van der Waals surface area contributed by atoms with E-state index in [1.165, 1.54) is 17.3 Å². The zero-order chi connectivity index (χ0) is 21.0. The number of para-hydroxylation sites is 1. The molecular formula is C23H27N3O2S. The molecule has 0 bridgehead atoms. The summed E-state index contributed by atoms with van der Waals surface area (Å²) in [7, 11) is 0. The van der Waals surface area contributed by atoms with E-state index in [2.05, 4.69) is 24.1 Å². The number of carbonyl (C=O) groups excluding carboxylic acids is 1. The van der Waals surface area contributed by atoms with Gasteiger partial charge in [0.1, 0.15) is 0 Å². The normalized spacial score (nSPS) is 12.3. The first-order valence-electron chi connectivity index (χ1n) is 10.0. The highest BCUT2D eigenvalue weighted by molar-refractivity contribution is 8.00. The third-order valence-corrected chi connectivity index (χ3v) is 6.25. The van der Waals surface area contributed by atoms with Crippen LogP contribution in [-0.2, 0) is 11.3 Å². The van der Waals surface area contributed by atoms with Crippen LogP contribution in [0.4, 0.5) is 5.69 Å². The molecule has 5 nitrogen and oxygen atoms in total. The Hall–Kier alpha value is -2.60. The lowest BCUT2D eigenvalue weighted by atomic mass is 10.0. The first kappa shape index (κ1) is 21.1. The summed E-state index contributed by atoms with van der Waals surface area (Å²) in [6.45, 7) is 8.67. The van der Waals surface area contributed by atoms with Crippen LogP contribution in [0, 0.1) is 0 Å². The molecule has 2 aromatic carbocycles. The maximum Gasteiger partial charge on any atom is 0.262 e. The fraction of sp³-hybridized carbons (Fsp3) is 0.348. The van der Waals surface area contributed by atoms with E-state index in [0.29, 0.717) is 34.9 Å². The van der Waals surface area contributed by atoms with E-state index in [9.17, 15) is 9.59 Å². The molecule has 0 radical (unpaired) electrons. The van der Waals surface area contributed by atoms with E-state index in [-0.39, 0.29) is 16.7 Å². The van der Waals surface area contributed by atoms with Crippen LogP contribution in [0.2, 0.25) is 0 Å². The number of benzene rings is 2. The summed E-state index contributed by atoms with van der Waals surface area (Å²) in [5.41, 5.74) is 2.60. The van der Waals surface area contributed by atoms with Gasteiger partial charge in [-0.1, -0.05) is 56.8 Å². The van der Waals surface area contributed by atoms with Crippen LogP contribution in [0.3, 0.4) is 0 Å². The van der Waals surface area contributed by atoms with Crippen molar-refractivity contribution in [2.45, 2.75) is 57.0 Å². The van der Waals surface area contributed by atoms with E-state index in [4.69, 9.17) is 0 Å². The average Bonchev–Trinajstić information content (AvgIpc) is 2.72. The summed E-state index contributed by atoms with van der Waals surface area (Å²) < 4.78 is 1.64. The summed E-state index contributed by atoms with van der Waals surface area (Å²) in [6, 6.07) is 15.3. The fourth-order valence-electron chi connectivity index (χ4n) is 3.14. The van der Waals surface area contributed by atoms with Gasteiger partial charge in [-0.25, -0.2) is 4.98 Å². The topological polar surface area (TPSA) is 64.0 Å². The second kappa shape index (κ2) is 9.27. The number of thioether (sulfide) groups is 1. The summed E-state index contributed by atoms with van der Waals surface area (Å²) in [6.07, 6.45) is 0.632. The number of nitrogens with zero attached hydrogens (tertiary/aromatic N) is 2. The monoisotopic (exact) mass is 409 g/mol. The fourth-order valence-corrected chi connectivity index (χ4v) is 4.22. The van der Waals surface area contributed by atoms with Crippen LogP contribution in [-0.4, -0.2) is 20.7 Å². The Labute approximate surface area is 175 Å². The highest BCUT2D eigenvalue weighted by Gasteiger charge is 2.21. The minimum Gasteiger partial charge on any atom is -0.325 e. The Bertz CT molecular complexity index is 1060. The number of aromatic nitrogens is 2. The van der Waals surface area contributed by atoms with Crippen LogP contribution in [0.25, 0.3) is 10.9 Å². The van der Waals surface area contributed by atoms with E-state index in [1.807, 2.05) is 56.3 Å². The van der Waals surface area contributed by atoms with Crippen molar-refractivity contribution in [3.8, 4) is 0 Å². The Morgan fingerprint density at radius 2 is 1.79 bits per heavy atom. The van der Waals surface area contributed by atoms with Crippen molar-refractivity contribution in [2.75, 3.05) is 5.32 Å². The number of fused-ring (bicyclic) bond motifs is 1. The van der Waals surface area contributed by atoms with Crippen molar-refractivity contribution in [2.24, 2.45) is 0 Å². The molecule has 6 heteroatoms. The number of anilines is 1. The molecule has 0 fully saturated rings. The molecule has 0 saturated heterocycles. The number of hydrogen-bond acceptors (Lipinski definition) is 4. The zero-order valence-electron chi connectivity index (χ0n) is 17.3. The lowest BCUT2D eigenvalue weighted by Gasteiger charge is -2.17. The molecule has 1 unspecified atom stereocenters. The summed E-state index contributed by atoms with van der Waals surface area (Å²) in [4.78, 5) is 30.3. The van der Waals surface area contributed by atoms with E-state index in [1.54, 1.807) is 10.6 Å². The second-order valence-electron chi connectivity index (χ2n) is 7.24. The number of nitrogens with one attached hydrogen (secondary N) is 1. The lowest BCUT2D eigenvalue weighted by molar-refractivity contribution is -0.115. The van der Waals surface area contributed by atoms with Crippen LogP contribution in [0.15, 0.2) is 58.5 Å². The average molecular weight is 410 g/mol. The van der Waals surface area contributed by atoms with E-state index >= 15 is 0 Å². The highest BCUT2D eigenvalue weighted by atomic mass is 32.2. The molecule has 1 heterocycles. The van der Waals surface area contributed by atoms with Crippen LogP contribution >= 0.6 is 11.8 Å². The van der Waals surface area contributed by atoms with Gasteiger partial charge < -0.3 is 5.32 Å². The van der Waals surface area contributed by atoms with Crippen LogP contribution < -0.4 is 10.9 Å². The summed E-state index contributed by atoms with van der Waals surface area (Å²) in [5.74, 6) is 0.364. The molecule has 1 atom stereocenters. The van der Waals surface area contributed by atoms with Crippen LogP contribution in [0.1, 0.15) is 45.6 Å². The molecule has 1 aromatic heterocycles. The van der Waals surface area contributed by atoms with Gasteiger partial charge in [-0.2, -0.15) is 0 Å². The largest absolute Gasteiger partial charge is 0.325 e. The smallest absolute Gasteiger partial charge is 0.262 e. The van der Waals surface area contributed by atoms with Gasteiger partial charge in [0.2, 0.25) is 5.91 Å². The van der Waals surface area contributed by atoms with Gasteiger partial charge in [-0.05, 0) is 49.1 Å².